The minimum absolute atomic E-state index is 0.0204. The highest BCUT2D eigenvalue weighted by Crippen LogP contribution is 2.39. The molecule has 0 radical (unpaired) electrons. The fourth-order valence-electron chi connectivity index (χ4n) is 7.16. The summed E-state index contributed by atoms with van der Waals surface area (Å²) in [6.45, 7) is 0.844. The number of nitrogens with zero attached hydrogens (tertiary/aromatic N) is 6. The lowest BCUT2D eigenvalue weighted by Crippen LogP contribution is -2.54. The molecule has 0 spiro atoms. The van der Waals surface area contributed by atoms with Crippen LogP contribution >= 0.6 is 0 Å². The first-order valence-electron chi connectivity index (χ1n) is 17.7. The average Bonchev–Trinajstić information content (AvgIpc) is 3.80. The molecule has 20 nitrogen and oxygen atoms in total. The number of carbonyl (C=O) groups excluding carboxylic acids is 6. The minimum atomic E-state index is -4.37. The van der Waals surface area contributed by atoms with Gasteiger partial charge in [0.15, 0.2) is 5.82 Å². The van der Waals surface area contributed by atoms with Crippen LogP contribution in [0.2, 0.25) is 0 Å². The average molecular weight is 805 g/mol. The van der Waals surface area contributed by atoms with E-state index in [0.29, 0.717) is 28.8 Å². The minimum Gasteiger partial charge on any atom is -0.506 e. The number of phenolic OH excluding ortho intramolecular Hbond substituents is 1. The van der Waals surface area contributed by atoms with Crippen LogP contribution in [-0.2, 0) is 35.9 Å². The Morgan fingerprint density at radius 2 is 1.86 bits per heavy atom. The van der Waals surface area contributed by atoms with Crippen LogP contribution in [0.25, 0.3) is 10.8 Å². The van der Waals surface area contributed by atoms with Gasteiger partial charge < -0.3 is 20.5 Å². The SMILES string of the molecule is O=C(CN1CC(n2cc(CNc3cccc4c3C(=O)N(C3CCC(=O)NC3=O)C4=O)nn2)C1)NCCOc1ccc2cc(O)c(N3CC(=O)NS3(=O)=O)c(F)c2c1. The maximum Gasteiger partial charge on any atom is 0.326 e. The van der Waals surface area contributed by atoms with Crippen LogP contribution in [0.3, 0.4) is 0 Å². The lowest BCUT2D eigenvalue weighted by Gasteiger charge is -2.38. The van der Waals surface area contributed by atoms with Crippen LogP contribution in [0.4, 0.5) is 15.8 Å². The van der Waals surface area contributed by atoms with Crippen molar-refractivity contribution in [2.24, 2.45) is 0 Å². The highest BCUT2D eigenvalue weighted by molar-refractivity contribution is 7.92. The first-order valence-corrected chi connectivity index (χ1v) is 19.1. The summed E-state index contributed by atoms with van der Waals surface area (Å²) in [5.41, 5.74) is 0.575. The number of nitrogens with one attached hydrogen (secondary N) is 4. The van der Waals surface area contributed by atoms with Crippen molar-refractivity contribution < 1.29 is 51.4 Å². The number of hydrogen-bond donors (Lipinski definition) is 5. The van der Waals surface area contributed by atoms with Gasteiger partial charge in [-0.25, -0.2) is 18.1 Å². The Balaban J connectivity index is 0.790. The number of carbonyl (C=O) groups is 6. The van der Waals surface area contributed by atoms with Crippen molar-refractivity contribution in [3.05, 3.63) is 71.3 Å². The molecular weight excluding hydrogens is 772 g/mol. The number of phenols is 1. The van der Waals surface area contributed by atoms with Gasteiger partial charge in [0.05, 0.1) is 43.0 Å². The molecule has 1 unspecified atom stereocenters. The maximum atomic E-state index is 15.5. The highest BCUT2D eigenvalue weighted by Gasteiger charge is 2.46. The summed E-state index contributed by atoms with van der Waals surface area (Å²) in [5.74, 6) is -4.96. The standard InChI is InChI=1S/C35H33FN10O10S/c36-31-23-11-21(5-4-18(23)10-26(47)32(31)45-17-29(50)41-57(45,54)55)56-9-8-37-28(49)16-43-14-20(15-43)44-13-19(40-42-44)12-38-24-3-1-2-22-30(24)35(53)46(34(22)52)25-6-7-27(48)39-33(25)51/h1-5,10-11,13,20,25,38,47H,6-9,12,14-17H2,(H,37,49)(H,41,50)(H,39,48,51). The molecule has 5 N–H and O–H groups in total. The summed E-state index contributed by atoms with van der Waals surface area (Å²) in [6, 6.07) is 9.19. The van der Waals surface area contributed by atoms with Crippen LogP contribution in [0.1, 0.15) is 45.3 Å². The van der Waals surface area contributed by atoms with Gasteiger partial charge in [0.2, 0.25) is 17.7 Å². The van der Waals surface area contributed by atoms with Crippen LogP contribution in [0.5, 0.6) is 11.5 Å². The van der Waals surface area contributed by atoms with E-state index >= 15 is 4.39 Å². The third kappa shape index (κ3) is 7.03. The molecule has 296 valence electrons. The molecule has 4 aliphatic rings. The summed E-state index contributed by atoms with van der Waals surface area (Å²) in [6.07, 6.45) is 1.82. The van der Waals surface area contributed by atoms with Gasteiger partial charge >= 0.3 is 10.2 Å². The molecule has 3 fully saturated rings. The van der Waals surface area contributed by atoms with Crippen LogP contribution in [0.15, 0.2) is 48.7 Å². The summed E-state index contributed by atoms with van der Waals surface area (Å²) in [4.78, 5) is 77.5. The van der Waals surface area contributed by atoms with Crippen molar-refractivity contribution in [3.8, 4) is 11.5 Å². The highest BCUT2D eigenvalue weighted by atomic mass is 32.2. The lowest BCUT2D eigenvalue weighted by molar-refractivity contribution is -0.136. The molecule has 8 rings (SSSR count). The molecule has 0 bridgehead atoms. The van der Waals surface area contributed by atoms with Crippen molar-refractivity contribution in [1.29, 1.82) is 0 Å². The largest absolute Gasteiger partial charge is 0.506 e. The van der Waals surface area contributed by atoms with E-state index in [-0.39, 0.29) is 78.7 Å². The number of imide groups is 2. The van der Waals surface area contributed by atoms with Crippen LogP contribution in [0, 0.1) is 5.82 Å². The van der Waals surface area contributed by atoms with E-state index in [9.17, 15) is 42.3 Å². The number of halogens is 1. The molecule has 4 aromatic rings. The first-order chi connectivity index (χ1) is 27.3. The number of benzene rings is 3. The Kier molecular flexibility index (Phi) is 9.43. The van der Waals surface area contributed by atoms with Gasteiger partial charge in [-0.15, -0.1) is 5.10 Å². The van der Waals surface area contributed by atoms with Gasteiger partial charge in [0.1, 0.15) is 42.1 Å². The zero-order chi connectivity index (χ0) is 40.2. The number of hydrogen-bond acceptors (Lipinski definition) is 14. The van der Waals surface area contributed by atoms with E-state index in [1.165, 1.54) is 30.3 Å². The number of likely N-dealkylation sites (tertiary alicyclic amines) is 1. The van der Waals surface area contributed by atoms with Crippen molar-refractivity contribution in [2.75, 3.05) is 49.0 Å². The molecule has 6 amide bonds. The molecule has 3 aromatic carbocycles. The Hall–Kier alpha value is -6.68. The smallest absolute Gasteiger partial charge is 0.326 e. The third-order valence-corrected chi connectivity index (χ3v) is 11.3. The van der Waals surface area contributed by atoms with Crippen LogP contribution in [-0.4, -0.2) is 119 Å². The number of piperidine rings is 1. The van der Waals surface area contributed by atoms with Crippen LogP contribution < -0.4 is 29.7 Å². The Labute approximate surface area is 322 Å². The van der Waals surface area contributed by atoms with Gasteiger partial charge in [-0.05, 0) is 42.1 Å². The molecular formula is C35H33FN10O10S. The summed E-state index contributed by atoms with van der Waals surface area (Å²) in [7, 11) is -4.37. The topological polar surface area (TPSA) is 255 Å². The second-order valence-corrected chi connectivity index (χ2v) is 15.3. The molecule has 3 saturated heterocycles. The second kappa shape index (κ2) is 14.4. The van der Waals surface area contributed by atoms with Gasteiger partial charge in [0, 0.05) is 30.6 Å². The zero-order valence-electron chi connectivity index (χ0n) is 29.7. The number of aromatic nitrogens is 3. The van der Waals surface area contributed by atoms with Crippen molar-refractivity contribution in [2.45, 2.75) is 31.5 Å². The zero-order valence-corrected chi connectivity index (χ0v) is 30.5. The second-order valence-electron chi connectivity index (χ2n) is 13.7. The number of amides is 6. The molecule has 0 aliphatic carbocycles. The monoisotopic (exact) mass is 804 g/mol. The van der Waals surface area contributed by atoms with E-state index in [4.69, 9.17) is 4.74 Å². The molecule has 1 aromatic heterocycles. The van der Waals surface area contributed by atoms with E-state index in [1.807, 2.05) is 4.90 Å². The number of ether oxygens (including phenoxy) is 1. The maximum absolute atomic E-state index is 15.5. The van der Waals surface area contributed by atoms with Gasteiger partial charge in [-0.1, -0.05) is 17.3 Å². The molecule has 0 saturated carbocycles. The molecule has 57 heavy (non-hydrogen) atoms. The fraction of sp³-hybridized carbons (Fsp3) is 0.314. The van der Waals surface area contributed by atoms with E-state index < -0.39 is 69.6 Å². The normalized spacial score (nSPS) is 19.4. The molecule has 1 atom stereocenters. The quantitative estimate of drug-likeness (QED) is 0.0897. The number of fused-ring (bicyclic) bond motifs is 2. The predicted molar refractivity (Wildman–Crippen MR) is 194 cm³/mol. The fourth-order valence-corrected chi connectivity index (χ4v) is 8.32. The first kappa shape index (κ1) is 37.3. The Morgan fingerprint density at radius 3 is 2.61 bits per heavy atom. The summed E-state index contributed by atoms with van der Waals surface area (Å²) < 4.78 is 49.6. The third-order valence-electron chi connectivity index (χ3n) is 9.93. The Morgan fingerprint density at radius 1 is 1.05 bits per heavy atom. The van der Waals surface area contributed by atoms with Gasteiger partial charge in [0.25, 0.3) is 17.7 Å². The summed E-state index contributed by atoms with van der Waals surface area (Å²) >= 11 is 0. The van der Waals surface area contributed by atoms with Crippen molar-refractivity contribution in [3.63, 3.8) is 0 Å². The number of rotatable bonds is 12. The van der Waals surface area contributed by atoms with Gasteiger partial charge in [-0.2, -0.15) is 8.42 Å². The number of anilines is 2. The number of aromatic hydroxyl groups is 1. The van der Waals surface area contributed by atoms with Crippen molar-refractivity contribution >= 4 is 67.8 Å². The van der Waals surface area contributed by atoms with E-state index in [0.717, 1.165) is 4.90 Å². The summed E-state index contributed by atoms with van der Waals surface area (Å²) in [5, 5.41) is 27.1. The molecule has 22 heteroatoms. The van der Waals surface area contributed by atoms with E-state index in [2.05, 4.69) is 26.3 Å². The van der Waals surface area contributed by atoms with Gasteiger partial charge in [-0.3, -0.25) is 43.9 Å². The molecule has 4 aliphatic heterocycles. The Bertz CT molecular complexity index is 2510. The van der Waals surface area contributed by atoms with E-state index in [1.54, 1.807) is 27.7 Å². The van der Waals surface area contributed by atoms with Crippen molar-refractivity contribution in [1.82, 2.24) is 40.1 Å². The lowest BCUT2D eigenvalue weighted by atomic mass is 10.0. The molecule has 5 heterocycles. The predicted octanol–water partition coefficient (Wildman–Crippen LogP) is -0.478.